The maximum absolute atomic E-state index is 12.7. The number of benzene rings is 1. The fourth-order valence-corrected chi connectivity index (χ4v) is 6.69. The van der Waals surface area contributed by atoms with Gasteiger partial charge in [0.15, 0.2) is 11.8 Å². The van der Waals surface area contributed by atoms with Gasteiger partial charge in [0, 0.05) is 11.0 Å². The van der Waals surface area contributed by atoms with Crippen molar-refractivity contribution >= 4 is 81.4 Å². The van der Waals surface area contributed by atoms with Crippen LogP contribution in [0.25, 0.3) is 0 Å². The van der Waals surface area contributed by atoms with Crippen molar-refractivity contribution < 1.29 is 38.5 Å². The molecule has 1 aromatic rings. The second kappa shape index (κ2) is 11.9. The molecule has 1 aromatic carbocycles. The summed E-state index contributed by atoms with van der Waals surface area (Å²) < 4.78 is 24.5. The topological polar surface area (TPSA) is 137 Å². The van der Waals surface area contributed by atoms with Gasteiger partial charge in [-0.3, -0.25) is 4.79 Å². The predicted molar refractivity (Wildman–Crippen MR) is 145 cm³/mol. The van der Waals surface area contributed by atoms with Gasteiger partial charge in [0.25, 0.3) is 5.91 Å². The van der Waals surface area contributed by atoms with E-state index in [0.717, 1.165) is 5.56 Å². The highest BCUT2D eigenvalue weighted by Crippen LogP contribution is 2.41. The molecular weight excluding hydrogens is 754 g/mol. The highest BCUT2D eigenvalue weighted by atomic mass is 79.9. The Hall–Kier alpha value is -1.81. The van der Waals surface area contributed by atoms with Crippen LogP contribution < -0.4 is 15.4 Å². The average molecular weight is 775 g/mol. The molecule has 3 heterocycles. The van der Waals surface area contributed by atoms with Gasteiger partial charge in [0.1, 0.15) is 23.9 Å². The molecule has 3 unspecified atom stereocenters. The molecule has 3 aliphatic heterocycles. The molecule has 3 aliphatic rings. The van der Waals surface area contributed by atoms with E-state index in [4.69, 9.17) is 23.8 Å². The van der Waals surface area contributed by atoms with Crippen LogP contribution in [-0.2, 0) is 23.8 Å². The smallest absolute Gasteiger partial charge is 0.407 e. The molecular formula is C22H21Br4N3O8. The van der Waals surface area contributed by atoms with Gasteiger partial charge >= 0.3 is 11.9 Å². The minimum atomic E-state index is -1.61. The van der Waals surface area contributed by atoms with Gasteiger partial charge in [0.05, 0.1) is 40.1 Å². The zero-order valence-corrected chi connectivity index (χ0v) is 25.5. The number of allylic oxidation sites excluding steroid dienone is 1. The Morgan fingerprint density at radius 2 is 2.03 bits per heavy atom. The molecule has 15 heteroatoms. The third-order valence-corrected chi connectivity index (χ3v) is 7.93. The number of hydrogen-bond acceptors (Lipinski definition) is 9. The summed E-state index contributed by atoms with van der Waals surface area (Å²) >= 11 is 13.7. The lowest BCUT2D eigenvalue weighted by molar-refractivity contribution is -0.225. The molecule has 0 radical (unpaired) electrons. The van der Waals surface area contributed by atoms with Crippen LogP contribution in [0, 0.1) is 0 Å². The molecule has 0 aliphatic carbocycles. The Balaban J connectivity index is 1.27. The second-order valence-corrected chi connectivity index (χ2v) is 11.5. The van der Waals surface area contributed by atoms with Crippen LogP contribution in [0.4, 0.5) is 4.79 Å². The number of cyclic esters (lactones) is 1. The maximum atomic E-state index is 12.7. The van der Waals surface area contributed by atoms with Crippen molar-refractivity contribution in [3.8, 4) is 5.75 Å². The Labute approximate surface area is 245 Å². The van der Waals surface area contributed by atoms with Crippen molar-refractivity contribution in [2.75, 3.05) is 26.8 Å². The molecule has 3 atom stereocenters. The standard InChI is InChI=1S/C22H21Br4N3O8/c1-33-17-13(25)7-22(35-9-14(17)26)19(30)16(29-37-22)20(31)27-3-2-4-34-18-11(23)5-10(6-12(18)24)15-8-28-21(32)36-15/h5-6,9,15,19,30H,2-4,7-8H2,1H3,(H,27,31)(H,28,32). The lowest BCUT2D eigenvalue weighted by atomic mass is 10.0. The number of methoxy groups -OCH3 is 1. The van der Waals surface area contributed by atoms with E-state index in [0.29, 0.717) is 49.0 Å². The molecule has 1 spiro atoms. The highest BCUT2D eigenvalue weighted by molar-refractivity contribution is 9.12. The third kappa shape index (κ3) is 6.10. The average Bonchev–Trinajstić information content (AvgIpc) is 3.39. The lowest BCUT2D eigenvalue weighted by Gasteiger charge is -2.27. The van der Waals surface area contributed by atoms with Crippen LogP contribution in [0.2, 0.25) is 0 Å². The van der Waals surface area contributed by atoms with E-state index in [-0.39, 0.29) is 24.8 Å². The number of halogens is 4. The number of alkyl carbamates (subject to hydrolysis) is 1. The number of amides is 2. The summed E-state index contributed by atoms with van der Waals surface area (Å²) in [4.78, 5) is 29.3. The number of oxime groups is 1. The molecule has 11 nitrogen and oxygen atoms in total. The van der Waals surface area contributed by atoms with Crippen LogP contribution in [0.1, 0.15) is 24.5 Å². The highest BCUT2D eigenvalue weighted by Gasteiger charge is 2.54. The number of nitrogens with zero attached hydrogens (tertiary/aromatic N) is 1. The lowest BCUT2D eigenvalue weighted by Crippen LogP contribution is -2.49. The van der Waals surface area contributed by atoms with E-state index in [1.165, 1.54) is 13.4 Å². The molecule has 0 bridgehead atoms. The minimum absolute atomic E-state index is 0.0549. The normalized spacial score (nSPS) is 24.9. The Morgan fingerprint density at radius 1 is 1.30 bits per heavy atom. The quantitative estimate of drug-likeness (QED) is 0.334. The first-order valence-corrected chi connectivity index (χ1v) is 14.1. The number of nitrogens with one attached hydrogen (secondary N) is 2. The maximum Gasteiger partial charge on any atom is 0.407 e. The summed E-state index contributed by atoms with van der Waals surface area (Å²) in [6.07, 6.45) is -0.410. The molecule has 3 N–H and O–H groups in total. The van der Waals surface area contributed by atoms with E-state index < -0.39 is 23.9 Å². The van der Waals surface area contributed by atoms with Gasteiger partial charge < -0.3 is 39.5 Å². The Bertz CT molecular complexity index is 1170. The first-order chi connectivity index (χ1) is 17.6. The number of rotatable bonds is 8. The van der Waals surface area contributed by atoms with Gasteiger partial charge in [0.2, 0.25) is 0 Å². The number of carbonyl (C=O) groups is 2. The zero-order valence-electron chi connectivity index (χ0n) is 19.2. The molecule has 37 heavy (non-hydrogen) atoms. The monoisotopic (exact) mass is 771 g/mol. The van der Waals surface area contributed by atoms with Crippen molar-refractivity contribution in [3.63, 3.8) is 0 Å². The van der Waals surface area contributed by atoms with E-state index in [9.17, 15) is 14.7 Å². The molecule has 2 amide bonds. The largest absolute Gasteiger partial charge is 0.495 e. The van der Waals surface area contributed by atoms with Crippen LogP contribution >= 0.6 is 63.7 Å². The van der Waals surface area contributed by atoms with Gasteiger partial charge in [-0.05, 0) is 71.9 Å². The summed E-state index contributed by atoms with van der Waals surface area (Å²) in [6.45, 7) is 0.955. The number of aliphatic hydroxyl groups is 1. The van der Waals surface area contributed by atoms with Crippen LogP contribution in [0.5, 0.6) is 5.75 Å². The number of aliphatic hydroxyl groups excluding tert-OH is 1. The van der Waals surface area contributed by atoms with E-state index >= 15 is 0 Å². The number of hydrogen-bond donors (Lipinski definition) is 3. The number of carbonyl (C=O) groups excluding carboxylic acids is 2. The fourth-order valence-electron chi connectivity index (χ4n) is 3.71. The fraction of sp³-hybridized carbons (Fsp3) is 0.409. The van der Waals surface area contributed by atoms with Crippen LogP contribution in [0.3, 0.4) is 0 Å². The first kappa shape index (κ1) is 28.2. The molecule has 4 rings (SSSR count). The number of ether oxygens (including phenoxy) is 4. The van der Waals surface area contributed by atoms with Crippen molar-refractivity contribution in [3.05, 3.63) is 47.6 Å². The van der Waals surface area contributed by atoms with Crippen LogP contribution in [-0.4, -0.2) is 61.5 Å². The van der Waals surface area contributed by atoms with Gasteiger partial charge in [-0.15, -0.1) is 0 Å². The Morgan fingerprint density at radius 3 is 2.68 bits per heavy atom. The minimum Gasteiger partial charge on any atom is -0.495 e. The first-order valence-electron chi connectivity index (χ1n) is 10.9. The van der Waals surface area contributed by atoms with E-state index in [1.54, 1.807) is 0 Å². The van der Waals surface area contributed by atoms with E-state index in [1.807, 2.05) is 12.1 Å². The molecule has 1 fully saturated rings. The van der Waals surface area contributed by atoms with Crippen molar-refractivity contribution in [1.29, 1.82) is 0 Å². The van der Waals surface area contributed by atoms with Crippen molar-refractivity contribution in [2.45, 2.75) is 30.8 Å². The molecule has 1 saturated heterocycles. The third-order valence-electron chi connectivity index (χ3n) is 5.56. The Kier molecular flexibility index (Phi) is 9.09. The predicted octanol–water partition coefficient (Wildman–Crippen LogP) is 4.23. The van der Waals surface area contributed by atoms with E-state index in [2.05, 4.69) is 79.5 Å². The molecule has 0 saturated carbocycles. The van der Waals surface area contributed by atoms with Gasteiger partial charge in [-0.25, -0.2) is 4.79 Å². The van der Waals surface area contributed by atoms with Crippen molar-refractivity contribution in [2.24, 2.45) is 5.16 Å². The van der Waals surface area contributed by atoms with Crippen molar-refractivity contribution in [1.82, 2.24) is 10.6 Å². The summed E-state index contributed by atoms with van der Waals surface area (Å²) in [7, 11) is 1.49. The second-order valence-electron chi connectivity index (χ2n) is 8.03. The summed E-state index contributed by atoms with van der Waals surface area (Å²) in [5, 5.41) is 19.9. The SMILES string of the molecule is COC1=C(Br)CC2(OC=C1Br)ON=C(C(=O)NCCCOc1c(Br)cc(C3CNC(=O)O3)cc1Br)C2O. The molecule has 200 valence electrons. The summed E-state index contributed by atoms with van der Waals surface area (Å²) in [5.41, 5.74) is 0.615. The zero-order chi connectivity index (χ0) is 26.7. The summed E-state index contributed by atoms with van der Waals surface area (Å²) in [6, 6.07) is 3.66. The summed E-state index contributed by atoms with van der Waals surface area (Å²) in [5.74, 6) is -1.14. The molecule has 0 aromatic heterocycles. The van der Waals surface area contributed by atoms with Crippen LogP contribution in [0.15, 0.2) is 47.2 Å². The van der Waals surface area contributed by atoms with Gasteiger partial charge in [-0.1, -0.05) is 21.1 Å². The van der Waals surface area contributed by atoms with Gasteiger partial charge in [-0.2, -0.15) is 0 Å².